The number of nitrogens with zero attached hydrogens (tertiary/aromatic N) is 2. The minimum atomic E-state index is -3.72. The second kappa shape index (κ2) is 8.94. The highest BCUT2D eigenvalue weighted by atomic mass is 79.9. The van der Waals surface area contributed by atoms with Gasteiger partial charge in [-0.1, -0.05) is 45.0 Å². The number of aromatic nitrogens is 1. The lowest BCUT2D eigenvalue weighted by Gasteiger charge is -2.04. The third-order valence-corrected chi connectivity index (χ3v) is 7.82. The number of carbonyl (C=O) groups excluding carboxylic acids is 1. The van der Waals surface area contributed by atoms with Gasteiger partial charge in [-0.05, 0) is 43.5 Å². The molecule has 0 spiro atoms. The van der Waals surface area contributed by atoms with Gasteiger partial charge < -0.3 is 4.57 Å². The number of thiazole rings is 1. The Hall–Kier alpha value is -1.42. The minimum Gasteiger partial charge on any atom is -0.316 e. The highest BCUT2D eigenvalue weighted by molar-refractivity contribution is 9.10. The highest BCUT2D eigenvalue weighted by Crippen LogP contribution is 2.22. The van der Waals surface area contributed by atoms with E-state index in [1.165, 1.54) is 23.5 Å². The van der Waals surface area contributed by atoms with Crippen LogP contribution in [0.15, 0.2) is 56.8 Å². The Morgan fingerprint density at radius 1 is 1.21 bits per heavy atom. The van der Waals surface area contributed by atoms with Gasteiger partial charge in [0.05, 0.1) is 15.1 Å². The quantitative estimate of drug-likeness (QED) is 0.514. The maximum atomic E-state index is 12.5. The molecular formula is C19H19BrN2O3S3. The number of hydrogen-bond acceptors (Lipinski definition) is 5. The van der Waals surface area contributed by atoms with Crippen LogP contribution >= 0.6 is 39.0 Å². The molecule has 148 valence electrons. The summed E-state index contributed by atoms with van der Waals surface area (Å²) >= 11 is 6.54. The summed E-state index contributed by atoms with van der Waals surface area (Å²) in [5.41, 5.74) is 1.94. The zero-order valence-electron chi connectivity index (χ0n) is 15.4. The lowest BCUT2D eigenvalue weighted by atomic mass is 10.2. The molecule has 0 aliphatic rings. The molecule has 1 heterocycles. The van der Waals surface area contributed by atoms with Crippen LogP contribution in [-0.2, 0) is 21.2 Å². The number of thioether (sulfide) groups is 1. The molecule has 0 saturated carbocycles. The zero-order valence-corrected chi connectivity index (χ0v) is 19.4. The monoisotopic (exact) mass is 498 g/mol. The van der Waals surface area contributed by atoms with Crippen LogP contribution in [0.3, 0.4) is 0 Å². The van der Waals surface area contributed by atoms with Crippen LogP contribution in [0, 0.1) is 6.92 Å². The first-order chi connectivity index (χ1) is 13.3. The molecular weight excluding hydrogens is 480 g/mol. The first kappa shape index (κ1) is 21.3. The summed E-state index contributed by atoms with van der Waals surface area (Å²) in [4.78, 5) is 17.3. The molecule has 0 bridgehead atoms. The van der Waals surface area contributed by atoms with Gasteiger partial charge >= 0.3 is 0 Å². The molecule has 1 aromatic heterocycles. The fraction of sp³-hybridized carbons (Fsp3) is 0.263. The third kappa shape index (κ3) is 4.94. The van der Waals surface area contributed by atoms with Gasteiger partial charge in [-0.3, -0.25) is 4.79 Å². The fourth-order valence-corrected chi connectivity index (χ4v) is 5.76. The standard InChI is InChI=1S/C19H19BrN2O3S3/c1-13-3-6-15(7-4-13)28(24,25)12-18(23)21-19-22(9-10-26-2)16-8-5-14(20)11-17(16)27-19/h3-8,11H,9-10,12H2,1-2H3. The molecule has 5 nitrogen and oxygen atoms in total. The first-order valence-electron chi connectivity index (χ1n) is 8.45. The van der Waals surface area contributed by atoms with Crippen LogP contribution in [0.25, 0.3) is 10.2 Å². The molecule has 0 saturated heterocycles. The summed E-state index contributed by atoms with van der Waals surface area (Å²) in [5.74, 6) is -0.439. The Kier molecular flexibility index (Phi) is 6.80. The topological polar surface area (TPSA) is 68.5 Å². The number of rotatable bonds is 6. The zero-order chi connectivity index (χ0) is 20.3. The summed E-state index contributed by atoms with van der Waals surface area (Å²) < 4.78 is 29.0. The van der Waals surface area contributed by atoms with E-state index in [1.807, 2.05) is 35.9 Å². The van der Waals surface area contributed by atoms with Crippen LogP contribution in [0.2, 0.25) is 0 Å². The SMILES string of the molecule is CSCCn1c(=NC(=O)CS(=O)(=O)c2ccc(C)cc2)sc2cc(Br)ccc21. The number of fused-ring (bicyclic) bond motifs is 1. The van der Waals surface area contributed by atoms with Crippen molar-refractivity contribution < 1.29 is 13.2 Å². The van der Waals surface area contributed by atoms with E-state index in [1.54, 1.807) is 23.9 Å². The number of halogens is 1. The molecule has 0 aliphatic heterocycles. The molecule has 3 aromatic rings. The number of hydrogen-bond donors (Lipinski definition) is 0. The van der Waals surface area contributed by atoms with Gasteiger partial charge in [0.25, 0.3) is 5.91 Å². The Morgan fingerprint density at radius 2 is 1.93 bits per heavy atom. The van der Waals surface area contributed by atoms with Gasteiger partial charge in [-0.15, -0.1) is 0 Å². The van der Waals surface area contributed by atoms with E-state index >= 15 is 0 Å². The van der Waals surface area contributed by atoms with E-state index in [-0.39, 0.29) is 4.90 Å². The van der Waals surface area contributed by atoms with E-state index in [4.69, 9.17) is 0 Å². The normalized spacial score (nSPS) is 12.6. The summed E-state index contributed by atoms with van der Waals surface area (Å²) in [5, 5.41) is 0. The number of benzene rings is 2. The molecule has 9 heteroatoms. The van der Waals surface area contributed by atoms with Gasteiger partial charge in [-0.25, -0.2) is 8.42 Å². The van der Waals surface area contributed by atoms with E-state index < -0.39 is 21.5 Å². The number of sulfone groups is 1. The molecule has 28 heavy (non-hydrogen) atoms. The molecule has 0 fully saturated rings. The van der Waals surface area contributed by atoms with E-state index in [9.17, 15) is 13.2 Å². The van der Waals surface area contributed by atoms with Crippen molar-refractivity contribution in [3.8, 4) is 0 Å². The van der Waals surface area contributed by atoms with Crippen LogP contribution in [0.1, 0.15) is 5.56 Å². The molecule has 1 amide bonds. The molecule has 3 rings (SSSR count). The van der Waals surface area contributed by atoms with Crippen molar-refractivity contribution in [3.63, 3.8) is 0 Å². The van der Waals surface area contributed by atoms with Crippen molar-refractivity contribution in [1.29, 1.82) is 0 Å². The smallest absolute Gasteiger partial charge is 0.263 e. The second-order valence-electron chi connectivity index (χ2n) is 6.22. The summed E-state index contributed by atoms with van der Waals surface area (Å²) in [6, 6.07) is 12.4. The van der Waals surface area contributed by atoms with Crippen LogP contribution in [0.4, 0.5) is 0 Å². The highest BCUT2D eigenvalue weighted by Gasteiger charge is 2.19. The minimum absolute atomic E-state index is 0.136. The van der Waals surface area contributed by atoms with Gasteiger partial charge in [0, 0.05) is 16.8 Å². The van der Waals surface area contributed by atoms with Crippen molar-refractivity contribution in [2.45, 2.75) is 18.4 Å². The van der Waals surface area contributed by atoms with Gasteiger partial charge in [0.2, 0.25) is 0 Å². The number of carbonyl (C=O) groups is 1. The predicted molar refractivity (Wildman–Crippen MR) is 120 cm³/mol. The fourth-order valence-electron chi connectivity index (χ4n) is 2.66. The Balaban J connectivity index is 1.96. The van der Waals surface area contributed by atoms with Gasteiger partial charge in [-0.2, -0.15) is 16.8 Å². The van der Waals surface area contributed by atoms with Crippen molar-refractivity contribution in [1.82, 2.24) is 4.57 Å². The van der Waals surface area contributed by atoms with Gasteiger partial charge in [0.15, 0.2) is 14.6 Å². The van der Waals surface area contributed by atoms with Crippen molar-refractivity contribution in [2.24, 2.45) is 4.99 Å². The lowest BCUT2D eigenvalue weighted by molar-refractivity contribution is -0.115. The Morgan fingerprint density at radius 3 is 2.61 bits per heavy atom. The largest absolute Gasteiger partial charge is 0.316 e. The number of aryl methyl sites for hydroxylation is 2. The van der Waals surface area contributed by atoms with Crippen LogP contribution < -0.4 is 4.80 Å². The van der Waals surface area contributed by atoms with Crippen LogP contribution in [0.5, 0.6) is 0 Å². The first-order valence-corrected chi connectivity index (χ1v) is 13.1. The summed E-state index contributed by atoms with van der Waals surface area (Å²) in [6.07, 6.45) is 2.02. The van der Waals surface area contributed by atoms with Gasteiger partial charge in [0.1, 0.15) is 5.75 Å². The van der Waals surface area contributed by atoms with Crippen molar-refractivity contribution in [2.75, 3.05) is 17.8 Å². The van der Waals surface area contributed by atoms with Crippen molar-refractivity contribution in [3.05, 3.63) is 57.3 Å². The Bertz CT molecular complexity index is 1180. The van der Waals surface area contributed by atoms with Crippen LogP contribution in [-0.4, -0.2) is 36.7 Å². The lowest BCUT2D eigenvalue weighted by Crippen LogP contribution is -2.21. The van der Waals surface area contributed by atoms with E-state index in [0.717, 1.165) is 26.0 Å². The molecule has 2 aromatic carbocycles. The Labute approximate surface area is 180 Å². The molecule has 0 aliphatic carbocycles. The summed E-state index contributed by atoms with van der Waals surface area (Å²) in [7, 11) is -3.72. The molecule has 0 unspecified atom stereocenters. The maximum Gasteiger partial charge on any atom is 0.263 e. The number of amides is 1. The summed E-state index contributed by atoms with van der Waals surface area (Å²) in [6.45, 7) is 2.57. The average molecular weight is 499 g/mol. The van der Waals surface area contributed by atoms with Crippen molar-refractivity contribution >= 4 is 65.0 Å². The van der Waals surface area contributed by atoms with E-state index in [2.05, 4.69) is 20.9 Å². The van der Waals surface area contributed by atoms with E-state index in [0.29, 0.717) is 11.3 Å². The third-order valence-electron chi connectivity index (χ3n) is 4.08. The second-order valence-corrected chi connectivity index (χ2v) is 11.1. The predicted octanol–water partition coefficient (Wildman–Crippen LogP) is 4.04. The molecule has 0 radical (unpaired) electrons. The molecule has 0 N–H and O–H groups in total. The molecule has 0 atom stereocenters. The average Bonchev–Trinajstić information content (AvgIpc) is 2.95. The maximum absolute atomic E-state index is 12.5.